The Labute approximate surface area is 127 Å². The monoisotopic (exact) mass is 282 g/mol. The van der Waals surface area contributed by atoms with E-state index in [1.807, 2.05) is 0 Å². The highest BCUT2D eigenvalue weighted by Crippen LogP contribution is 2.32. The molecular weight excluding hydrogens is 244 g/mol. The third-order valence-corrected chi connectivity index (χ3v) is 4.57. The van der Waals surface area contributed by atoms with E-state index in [0.29, 0.717) is 11.5 Å². The van der Waals surface area contributed by atoms with Crippen LogP contribution in [0.4, 0.5) is 0 Å². The molecule has 3 unspecified atom stereocenters. The van der Waals surface area contributed by atoms with Crippen LogP contribution in [0.1, 0.15) is 73.1 Å². The Kier molecular flexibility index (Phi) is 7.53. The fourth-order valence-electron chi connectivity index (χ4n) is 3.82. The summed E-state index contributed by atoms with van der Waals surface area (Å²) in [5.41, 5.74) is 0.391. The third-order valence-electron chi connectivity index (χ3n) is 4.57. The molecule has 0 radical (unpaired) electrons. The lowest BCUT2D eigenvalue weighted by molar-refractivity contribution is 0.0880. The van der Waals surface area contributed by atoms with Crippen LogP contribution in [0.5, 0.6) is 0 Å². The number of nitrogens with zero attached hydrogens (tertiary/aromatic N) is 1. The van der Waals surface area contributed by atoms with Crippen LogP contribution in [0.25, 0.3) is 0 Å². The van der Waals surface area contributed by atoms with Crippen LogP contribution in [-0.2, 0) is 0 Å². The van der Waals surface area contributed by atoms with E-state index in [2.05, 4.69) is 51.9 Å². The highest BCUT2D eigenvalue weighted by Gasteiger charge is 2.33. The van der Waals surface area contributed by atoms with Gasteiger partial charge in [0.15, 0.2) is 0 Å². The van der Waals surface area contributed by atoms with Gasteiger partial charge in [-0.3, -0.25) is 0 Å². The normalized spacial score (nSPS) is 28.1. The van der Waals surface area contributed by atoms with Crippen LogP contribution in [0.3, 0.4) is 0 Å². The predicted octanol–water partition coefficient (Wildman–Crippen LogP) is 4.30. The Morgan fingerprint density at radius 1 is 1.10 bits per heavy atom. The molecule has 0 saturated heterocycles. The minimum atomic E-state index is 0.391. The second-order valence-corrected chi connectivity index (χ2v) is 8.07. The minimum Gasteiger partial charge on any atom is -0.312 e. The molecule has 0 spiro atoms. The summed E-state index contributed by atoms with van der Waals surface area (Å²) in [7, 11) is 2.34. The Bertz CT molecular complexity index is 257. The standard InChI is InChI=1S/C18H38N2/c1-7-9-15-10-11-16(19-12-8-2)17(13-15)20(6)14-18(3,4)5/h15-17,19H,7-14H2,1-6H3. The topological polar surface area (TPSA) is 15.3 Å². The Hall–Kier alpha value is -0.0800. The zero-order chi connectivity index (χ0) is 15.2. The molecule has 0 aromatic rings. The molecule has 2 nitrogen and oxygen atoms in total. The van der Waals surface area contributed by atoms with Gasteiger partial charge in [-0.05, 0) is 50.6 Å². The second-order valence-electron chi connectivity index (χ2n) is 8.07. The molecule has 3 atom stereocenters. The lowest BCUT2D eigenvalue weighted by atomic mass is 9.79. The first-order chi connectivity index (χ1) is 9.37. The number of nitrogens with one attached hydrogen (secondary N) is 1. The van der Waals surface area contributed by atoms with Gasteiger partial charge in [-0.2, -0.15) is 0 Å². The fraction of sp³-hybridized carbons (Fsp3) is 1.00. The highest BCUT2D eigenvalue weighted by molar-refractivity contribution is 4.91. The van der Waals surface area contributed by atoms with Crippen LogP contribution < -0.4 is 5.32 Å². The van der Waals surface area contributed by atoms with Crippen LogP contribution >= 0.6 is 0 Å². The van der Waals surface area contributed by atoms with Crippen molar-refractivity contribution in [3.63, 3.8) is 0 Å². The molecule has 1 aliphatic rings. The summed E-state index contributed by atoms with van der Waals surface area (Å²) in [6, 6.07) is 1.43. The summed E-state index contributed by atoms with van der Waals surface area (Å²) in [6.45, 7) is 14.0. The van der Waals surface area contributed by atoms with E-state index in [9.17, 15) is 0 Å². The first kappa shape index (κ1) is 18.0. The van der Waals surface area contributed by atoms with Gasteiger partial charge in [0.1, 0.15) is 0 Å². The molecule has 0 bridgehead atoms. The van der Waals surface area contributed by atoms with E-state index in [-0.39, 0.29) is 0 Å². The fourth-order valence-corrected chi connectivity index (χ4v) is 3.82. The van der Waals surface area contributed by atoms with Crippen molar-refractivity contribution >= 4 is 0 Å². The molecule has 20 heavy (non-hydrogen) atoms. The van der Waals surface area contributed by atoms with Crippen LogP contribution in [-0.4, -0.2) is 37.1 Å². The number of likely N-dealkylation sites (N-methyl/N-ethyl adjacent to an activating group) is 1. The van der Waals surface area contributed by atoms with Crippen LogP contribution in [0.15, 0.2) is 0 Å². The lowest BCUT2D eigenvalue weighted by Gasteiger charge is -2.43. The molecule has 0 amide bonds. The zero-order valence-corrected chi connectivity index (χ0v) is 14.8. The summed E-state index contributed by atoms with van der Waals surface area (Å²) in [5, 5.41) is 3.81. The first-order valence-corrected chi connectivity index (χ1v) is 8.81. The molecule has 0 aromatic carbocycles. The molecule has 1 N–H and O–H groups in total. The molecule has 0 aromatic heterocycles. The average molecular weight is 283 g/mol. The van der Waals surface area contributed by atoms with Crippen molar-refractivity contribution in [2.24, 2.45) is 11.3 Å². The van der Waals surface area contributed by atoms with Gasteiger partial charge in [0.25, 0.3) is 0 Å². The molecule has 120 valence electrons. The SMILES string of the molecule is CCCNC1CCC(CCC)CC1N(C)CC(C)(C)C. The van der Waals surface area contributed by atoms with Crippen LogP contribution in [0.2, 0.25) is 0 Å². The largest absolute Gasteiger partial charge is 0.312 e. The summed E-state index contributed by atoms with van der Waals surface area (Å²) >= 11 is 0. The van der Waals surface area contributed by atoms with Crippen molar-refractivity contribution in [3.05, 3.63) is 0 Å². The number of hydrogen-bond donors (Lipinski definition) is 1. The molecule has 1 aliphatic carbocycles. The molecule has 0 heterocycles. The van der Waals surface area contributed by atoms with Gasteiger partial charge >= 0.3 is 0 Å². The zero-order valence-electron chi connectivity index (χ0n) is 14.8. The predicted molar refractivity (Wildman–Crippen MR) is 90.2 cm³/mol. The maximum absolute atomic E-state index is 3.81. The Morgan fingerprint density at radius 3 is 2.35 bits per heavy atom. The van der Waals surface area contributed by atoms with Gasteiger partial charge in [0.05, 0.1) is 0 Å². The smallest absolute Gasteiger partial charge is 0.0249 e. The number of rotatable bonds is 7. The van der Waals surface area contributed by atoms with E-state index in [4.69, 9.17) is 0 Å². The second kappa shape index (κ2) is 8.38. The van der Waals surface area contributed by atoms with E-state index in [0.717, 1.165) is 12.0 Å². The van der Waals surface area contributed by atoms with Crippen molar-refractivity contribution in [2.45, 2.75) is 85.2 Å². The quantitative estimate of drug-likeness (QED) is 0.749. The van der Waals surface area contributed by atoms with Crippen LogP contribution in [0, 0.1) is 11.3 Å². The van der Waals surface area contributed by atoms with Gasteiger partial charge in [-0.1, -0.05) is 47.5 Å². The maximum atomic E-state index is 3.81. The van der Waals surface area contributed by atoms with Crippen molar-refractivity contribution in [2.75, 3.05) is 20.1 Å². The summed E-state index contributed by atoms with van der Waals surface area (Å²) in [4.78, 5) is 2.63. The summed E-state index contributed by atoms with van der Waals surface area (Å²) in [6.07, 6.45) is 8.18. The molecule has 1 fully saturated rings. The summed E-state index contributed by atoms with van der Waals surface area (Å²) in [5.74, 6) is 0.951. The van der Waals surface area contributed by atoms with Crippen molar-refractivity contribution in [1.29, 1.82) is 0 Å². The van der Waals surface area contributed by atoms with Gasteiger partial charge in [-0.25, -0.2) is 0 Å². The maximum Gasteiger partial charge on any atom is 0.0249 e. The molecule has 2 heteroatoms. The molecule has 1 rings (SSSR count). The third kappa shape index (κ3) is 6.13. The minimum absolute atomic E-state index is 0.391. The van der Waals surface area contributed by atoms with Gasteiger partial charge in [-0.15, -0.1) is 0 Å². The van der Waals surface area contributed by atoms with Crippen molar-refractivity contribution in [3.8, 4) is 0 Å². The van der Waals surface area contributed by atoms with E-state index in [1.165, 1.54) is 51.6 Å². The summed E-state index contributed by atoms with van der Waals surface area (Å²) < 4.78 is 0. The molecular formula is C18H38N2. The highest BCUT2D eigenvalue weighted by atomic mass is 15.2. The Balaban J connectivity index is 2.64. The van der Waals surface area contributed by atoms with Gasteiger partial charge in [0, 0.05) is 18.6 Å². The first-order valence-electron chi connectivity index (χ1n) is 8.81. The molecule has 0 aliphatic heterocycles. The van der Waals surface area contributed by atoms with E-state index < -0.39 is 0 Å². The Morgan fingerprint density at radius 2 is 1.80 bits per heavy atom. The van der Waals surface area contributed by atoms with E-state index in [1.54, 1.807) is 0 Å². The van der Waals surface area contributed by atoms with E-state index >= 15 is 0 Å². The van der Waals surface area contributed by atoms with Crippen molar-refractivity contribution in [1.82, 2.24) is 10.2 Å². The van der Waals surface area contributed by atoms with Gasteiger partial charge < -0.3 is 10.2 Å². The molecule has 1 saturated carbocycles. The van der Waals surface area contributed by atoms with Gasteiger partial charge in [0.2, 0.25) is 0 Å². The lowest BCUT2D eigenvalue weighted by Crippen LogP contribution is -2.53. The number of hydrogen-bond acceptors (Lipinski definition) is 2. The average Bonchev–Trinajstić information content (AvgIpc) is 2.35. The van der Waals surface area contributed by atoms with Crippen molar-refractivity contribution < 1.29 is 0 Å².